The number of para-hydroxylation sites is 1. The molecule has 0 aliphatic carbocycles. The second-order valence-corrected chi connectivity index (χ2v) is 4.83. The summed E-state index contributed by atoms with van der Waals surface area (Å²) in [4.78, 5) is 11.9. The minimum absolute atomic E-state index is 0.0610. The van der Waals surface area contributed by atoms with Gasteiger partial charge in [-0.25, -0.2) is 0 Å². The van der Waals surface area contributed by atoms with Crippen LogP contribution in [0.5, 0.6) is 0 Å². The summed E-state index contributed by atoms with van der Waals surface area (Å²) in [5, 5.41) is 8.27. The van der Waals surface area contributed by atoms with E-state index in [1.54, 1.807) is 0 Å². The maximum absolute atomic E-state index is 11.9. The molecule has 3 aromatic rings. The summed E-state index contributed by atoms with van der Waals surface area (Å²) < 4.78 is 0. The van der Waals surface area contributed by atoms with E-state index in [2.05, 4.69) is 16.7 Å². The normalized spacial score (nSPS) is 10.3. The fourth-order valence-corrected chi connectivity index (χ4v) is 2.21. The van der Waals surface area contributed by atoms with Crippen molar-refractivity contribution in [3.8, 4) is 0 Å². The molecule has 0 fully saturated rings. The lowest BCUT2D eigenvalue weighted by Gasteiger charge is -2.08. The van der Waals surface area contributed by atoms with E-state index in [4.69, 9.17) is 0 Å². The van der Waals surface area contributed by atoms with Gasteiger partial charge in [-0.2, -0.15) is 0 Å². The Bertz CT molecular complexity index is 753. The lowest BCUT2D eigenvalue weighted by atomic mass is 10.1. The molecule has 0 saturated heterocycles. The zero-order valence-corrected chi connectivity index (χ0v) is 11.5. The predicted molar refractivity (Wildman–Crippen MR) is 87.5 cm³/mol. The number of carbonyl (C=O) groups excluding carboxylic acids is 1. The van der Waals surface area contributed by atoms with Crippen LogP contribution in [-0.2, 0) is 4.79 Å². The highest BCUT2D eigenvalue weighted by atomic mass is 16.1. The number of hydrogen-bond donors (Lipinski definition) is 2. The van der Waals surface area contributed by atoms with E-state index < -0.39 is 0 Å². The second-order valence-electron chi connectivity index (χ2n) is 4.83. The fraction of sp³-hybridized carbons (Fsp3) is 0.0556. The molecule has 104 valence electrons. The third-order valence-corrected chi connectivity index (χ3v) is 3.26. The second kappa shape index (κ2) is 6.09. The van der Waals surface area contributed by atoms with Crippen LogP contribution < -0.4 is 10.6 Å². The molecular formula is C18H16N2O. The van der Waals surface area contributed by atoms with Crippen LogP contribution in [0.15, 0.2) is 72.8 Å². The minimum Gasteiger partial charge on any atom is -0.376 e. The Morgan fingerprint density at radius 3 is 2.29 bits per heavy atom. The van der Waals surface area contributed by atoms with Crippen molar-refractivity contribution in [3.05, 3.63) is 72.8 Å². The predicted octanol–water partition coefficient (Wildman–Crippen LogP) is 3.89. The van der Waals surface area contributed by atoms with Crippen LogP contribution in [0, 0.1) is 0 Å². The summed E-state index contributed by atoms with van der Waals surface area (Å²) in [5.74, 6) is -0.0610. The number of hydrogen-bond acceptors (Lipinski definition) is 2. The molecule has 0 radical (unpaired) electrons. The fourth-order valence-electron chi connectivity index (χ4n) is 2.21. The zero-order valence-electron chi connectivity index (χ0n) is 11.5. The highest BCUT2D eigenvalue weighted by Gasteiger charge is 2.03. The van der Waals surface area contributed by atoms with Gasteiger partial charge < -0.3 is 10.6 Å². The number of anilines is 2. The number of fused-ring (bicyclic) bond motifs is 1. The van der Waals surface area contributed by atoms with Crippen molar-refractivity contribution in [3.63, 3.8) is 0 Å². The molecule has 0 spiro atoms. The number of rotatable bonds is 4. The van der Waals surface area contributed by atoms with Crippen molar-refractivity contribution < 1.29 is 4.79 Å². The Balaban J connectivity index is 1.63. The molecule has 0 aromatic heterocycles. The van der Waals surface area contributed by atoms with E-state index in [1.165, 1.54) is 0 Å². The average molecular weight is 276 g/mol. The van der Waals surface area contributed by atoms with Gasteiger partial charge in [0.05, 0.1) is 6.54 Å². The largest absolute Gasteiger partial charge is 0.376 e. The van der Waals surface area contributed by atoms with Gasteiger partial charge >= 0.3 is 0 Å². The molecule has 3 heteroatoms. The molecular weight excluding hydrogens is 260 g/mol. The van der Waals surface area contributed by atoms with E-state index in [1.807, 2.05) is 66.7 Å². The maximum Gasteiger partial charge on any atom is 0.243 e. The molecule has 2 N–H and O–H groups in total. The van der Waals surface area contributed by atoms with Crippen LogP contribution in [0.25, 0.3) is 10.8 Å². The molecule has 0 unspecified atom stereocenters. The lowest BCUT2D eigenvalue weighted by Crippen LogP contribution is -2.21. The monoisotopic (exact) mass is 276 g/mol. The van der Waals surface area contributed by atoms with Crippen LogP contribution in [-0.4, -0.2) is 12.5 Å². The van der Waals surface area contributed by atoms with Gasteiger partial charge in [-0.1, -0.05) is 48.5 Å². The first kappa shape index (κ1) is 13.2. The van der Waals surface area contributed by atoms with E-state index in [0.717, 1.165) is 22.1 Å². The van der Waals surface area contributed by atoms with Gasteiger partial charge in [0, 0.05) is 11.4 Å². The van der Waals surface area contributed by atoms with E-state index >= 15 is 0 Å². The Hall–Kier alpha value is -2.81. The van der Waals surface area contributed by atoms with Crippen molar-refractivity contribution in [1.29, 1.82) is 0 Å². The van der Waals surface area contributed by atoms with Gasteiger partial charge in [-0.05, 0) is 35.0 Å². The third-order valence-electron chi connectivity index (χ3n) is 3.26. The van der Waals surface area contributed by atoms with Gasteiger partial charge in [0.1, 0.15) is 0 Å². The van der Waals surface area contributed by atoms with Gasteiger partial charge in [-0.3, -0.25) is 4.79 Å². The number of nitrogens with one attached hydrogen (secondary N) is 2. The standard InChI is InChI=1S/C18H16N2O/c21-18(13-19-16-8-2-1-3-9-16)20-17-11-10-14-6-4-5-7-15(14)12-17/h1-12,19H,13H2,(H,20,21). The summed E-state index contributed by atoms with van der Waals surface area (Å²) in [5.41, 5.74) is 1.75. The molecule has 0 saturated carbocycles. The summed E-state index contributed by atoms with van der Waals surface area (Å²) in [6.07, 6.45) is 0. The third kappa shape index (κ3) is 3.39. The Morgan fingerprint density at radius 2 is 1.48 bits per heavy atom. The SMILES string of the molecule is O=C(CNc1ccccc1)Nc1ccc2ccccc2c1. The molecule has 21 heavy (non-hydrogen) atoms. The van der Waals surface area contributed by atoms with Gasteiger partial charge in [0.2, 0.25) is 5.91 Å². The van der Waals surface area contributed by atoms with Crippen LogP contribution >= 0.6 is 0 Å². The molecule has 0 aliphatic rings. The van der Waals surface area contributed by atoms with Crippen LogP contribution in [0.1, 0.15) is 0 Å². The smallest absolute Gasteiger partial charge is 0.243 e. The molecule has 0 heterocycles. The first-order valence-corrected chi connectivity index (χ1v) is 6.89. The molecule has 3 nitrogen and oxygen atoms in total. The molecule has 3 aromatic carbocycles. The Morgan fingerprint density at radius 1 is 0.762 bits per heavy atom. The topological polar surface area (TPSA) is 41.1 Å². The van der Waals surface area contributed by atoms with E-state index in [-0.39, 0.29) is 12.5 Å². The van der Waals surface area contributed by atoms with Gasteiger partial charge in [-0.15, -0.1) is 0 Å². The number of amides is 1. The summed E-state index contributed by atoms with van der Waals surface area (Å²) in [6.45, 7) is 0.247. The quantitative estimate of drug-likeness (QED) is 0.759. The lowest BCUT2D eigenvalue weighted by molar-refractivity contribution is -0.114. The summed E-state index contributed by atoms with van der Waals surface area (Å²) in [6, 6.07) is 23.7. The Kier molecular flexibility index (Phi) is 3.83. The van der Waals surface area contributed by atoms with Crippen molar-refractivity contribution in [2.75, 3.05) is 17.2 Å². The van der Waals surface area contributed by atoms with Crippen molar-refractivity contribution >= 4 is 28.1 Å². The van der Waals surface area contributed by atoms with Crippen LogP contribution in [0.3, 0.4) is 0 Å². The number of carbonyl (C=O) groups is 1. The molecule has 0 aliphatic heterocycles. The van der Waals surface area contributed by atoms with E-state index in [9.17, 15) is 4.79 Å². The van der Waals surface area contributed by atoms with E-state index in [0.29, 0.717) is 0 Å². The minimum atomic E-state index is -0.0610. The maximum atomic E-state index is 11.9. The van der Waals surface area contributed by atoms with Crippen LogP contribution in [0.4, 0.5) is 11.4 Å². The van der Waals surface area contributed by atoms with Crippen molar-refractivity contribution in [1.82, 2.24) is 0 Å². The molecule has 1 amide bonds. The number of benzene rings is 3. The first-order valence-electron chi connectivity index (χ1n) is 6.89. The van der Waals surface area contributed by atoms with Gasteiger partial charge in [0.25, 0.3) is 0 Å². The summed E-state index contributed by atoms with van der Waals surface area (Å²) in [7, 11) is 0. The average Bonchev–Trinajstić information content (AvgIpc) is 2.54. The molecule has 0 atom stereocenters. The molecule has 3 rings (SSSR count). The van der Waals surface area contributed by atoms with Crippen molar-refractivity contribution in [2.45, 2.75) is 0 Å². The highest BCUT2D eigenvalue weighted by molar-refractivity contribution is 5.96. The highest BCUT2D eigenvalue weighted by Crippen LogP contribution is 2.18. The molecule has 0 bridgehead atoms. The van der Waals surface area contributed by atoms with Crippen LogP contribution in [0.2, 0.25) is 0 Å². The summed E-state index contributed by atoms with van der Waals surface area (Å²) >= 11 is 0. The van der Waals surface area contributed by atoms with Crippen molar-refractivity contribution in [2.24, 2.45) is 0 Å². The Labute approximate surface area is 123 Å². The van der Waals surface area contributed by atoms with Gasteiger partial charge in [0.15, 0.2) is 0 Å². The zero-order chi connectivity index (χ0) is 14.5. The first-order chi connectivity index (χ1) is 10.3.